The van der Waals surface area contributed by atoms with Gasteiger partial charge in [-0.2, -0.15) is 0 Å². The highest BCUT2D eigenvalue weighted by atomic mass is 15.6. The van der Waals surface area contributed by atoms with Crippen molar-refractivity contribution in [3.8, 4) is 0 Å². The van der Waals surface area contributed by atoms with Crippen LogP contribution in [0.1, 0.15) is 29.6 Å². The van der Waals surface area contributed by atoms with Gasteiger partial charge in [0.2, 0.25) is 0 Å². The Hall–Kier alpha value is -2.58. The van der Waals surface area contributed by atoms with Gasteiger partial charge in [0.05, 0.1) is 17.8 Å². The zero-order valence-electron chi connectivity index (χ0n) is 13.0. The van der Waals surface area contributed by atoms with Gasteiger partial charge in [-0.15, -0.1) is 0 Å². The molecule has 1 fully saturated rings. The van der Waals surface area contributed by atoms with E-state index in [0.717, 1.165) is 6.42 Å². The number of hydrogen-bond acceptors (Lipinski definition) is 2. The first-order valence-electron chi connectivity index (χ1n) is 8.12. The van der Waals surface area contributed by atoms with Crippen LogP contribution in [0, 0.1) is 0 Å². The molecule has 0 bridgehead atoms. The molecule has 1 saturated heterocycles. The highest BCUT2D eigenvalue weighted by molar-refractivity contribution is 5.49. The number of hydrazine groups is 1. The summed E-state index contributed by atoms with van der Waals surface area (Å²) in [6.07, 6.45) is 1.06. The normalized spacial score (nSPS) is 20.6. The fraction of sp³-hybridized carbons (Fsp3) is 0.143. The SMILES string of the molecule is c1ccc([C@@H]2C[C@H](c3ccccc3)N(c3ccccc3)N2)cc1. The molecule has 2 atom stereocenters. The predicted octanol–water partition coefficient (Wildman–Crippen LogP) is 4.88. The number of benzene rings is 3. The van der Waals surface area contributed by atoms with E-state index in [-0.39, 0.29) is 0 Å². The van der Waals surface area contributed by atoms with Crippen LogP contribution in [0.2, 0.25) is 0 Å². The maximum atomic E-state index is 3.71. The molecule has 1 aliphatic rings. The molecule has 0 aliphatic carbocycles. The van der Waals surface area contributed by atoms with Crippen molar-refractivity contribution >= 4 is 5.69 Å². The molecule has 1 heterocycles. The van der Waals surface area contributed by atoms with Crippen LogP contribution in [0.4, 0.5) is 5.69 Å². The van der Waals surface area contributed by atoms with Crippen molar-refractivity contribution in [2.75, 3.05) is 5.01 Å². The van der Waals surface area contributed by atoms with E-state index in [1.54, 1.807) is 0 Å². The lowest BCUT2D eigenvalue weighted by Crippen LogP contribution is -2.33. The summed E-state index contributed by atoms with van der Waals surface area (Å²) in [5.41, 5.74) is 7.60. The second-order valence-corrected chi connectivity index (χ2v) is 5.96. The maximum absolute atomic E-state index is 3.71. The van der Waals surface area contributed by atoms with E-state index in [4.69, 9.17) is 0 Å². The Balaban J connectivity index is 1.70. The Morgan fingerprint density at radius 3 is 1.78 bits per heavy atom. The molecule has 23 heavy (non-hydrogen) atoms. The van der Waals surface area contributed by atoms with Crippen LogP contribution in [-0.2, 0) is 0 Å². The monoisotopic (exact) mass is 300 g/mol. The third-order valence-electron chi connectivity index (χ3n) is 4.49. The van der Waals surface area contributed by atoms with Gasteiger partial charge in [-0.3, -0.25) is 0 Å². The standard InChI is InChI=1S/C21H20N2/c1-4-10-17(11-5-1)20-16-21(18-12-6-2-7-13-18)23(22-20)19-14-8-3-9-15-19/h1-15,20-22H,16H2/t20-,21+/m0/s1. The average molecular weight is 300 g/mol. The first kappa shape index (κ1) is 14.0. The highest BCUT2D eigenvalue weighted by Crippen LogP contribution is 2.39. The van der Waals surface area contributed by atoms with E-state index in [1.807, 2.05) is 0 Å². The fourth-order valence-electron chi connectivity index (χ4n) is 3.34. The second-order valence-electron chi connectivity index (χ2n) is 5.96. The molecular weight excluding hydrogens is 280 g/mol. The molecular formula is C21H20N2. The van der Waals surface area contributed by atoms with Crippen LogP contribution in [0.15, 0.2) is 91.0 Å². The van der Waals surface area contributed by atoms with E-state index in [2.05, 4.69) is 101 Å². The lowest BCUT2D eigenvalue weighted by Gasteiger charge is -2.26. The van der Waals surface area contributed by atoms with Crippen molar-refractivity contribution in [3.05, 3.63) is 102 Å². The molecule has 0 unspecified atom stereocenters. The van der Waals surface area contributed by atoms with Gasteiger partial charge in [0.1, 0.15) is 0 Å². The summed E-state index contributed by atoms with van der Waals surface area (Å²) in [7, 11) is 0. The number of para-hydroxylation sites is 1. The number of nitrogens with zero attached hydrogens (tertiary/aromatic N) is 1. The van der Waals surface area contributed by atoms with Crippen molar-refractivity contribution in [1.29, 1.82) is 0 Å². The zero-order valence-corrected chi connectivity index (χ0v) is 13.0. The smallest absolute Gasteiger partial charge is 0.0723 e. The van der Waals surface area contributed by atoms with E-state index in [9.17, 15) is 0 Å². The molecule has 0 amide bonds. The van der Waals surface area contributed by atoms with Gasteiger partial charge >= 0.3 is 0 Å². The van der Waals surface area contributed by atoms with E-state index in [1.165, 1.54) is 16.8 Å². The molecule has 1 aliphatic heterocycles. The van der Waals surface area contributed by atoms with Crippen LogP contribution in [0.25, 0.3) is 0 Å². The molecule has 0 radical (unpaired) electrons. The second kappa shape index (κ2) is 6.27. The van der Waals surface area contributed by atoms with Crippen molar-refractivity contribution < 1.29 is 0 Å². The van der Waals surface area contributed by atoms with E-state index >= 15 is 0 Å². The van der Waals surface area contributed by atoms with Crippen LogP contribution in [0.3, 0.4) is 0 Å². The summed E-state index contributed by atoms with van der Waals surface area (Å²) in [4.78, 5) is 0. The number of anilines is 1. The van der Waals surface area contributed by atoms with Crippen LogP contribution >= 0.6 is 0 Å². The average Bonchev–Trinajstić information content (AvgIpc) is 3.09. The molecule has 0 saturated carbocycles. The molecule has 3 aromatic carbocycles. The number of nitrogens with one attached hydrogen (secondary N) is 1. The number of hydrogen-bond donors (Lipinski definition) is 1. The predicted molar refractivity (Wildman–Crippen MR) is 95.0 cm³/mol. The van der Waals surface area contributed by atoms with Gasteiger partial charge in [0, 0.05) is 0 Å². The van der Waals surface area contributed by atoms with Crippen LogP contribution in [0.5, 0.6) is 0 Å². The maximum Gasteiger partial charge on any atom is 0.0723 e. The highest BCUT2D eigenvalue weighted by Gasteiger charge is 2.33. The van der Waals surface area contributed by atoms with E-state index in [0.29, 0.717) is 12.1 Å². The third-order valence-corrected chi connectivity index (χ3v) is 4.49. The summed E-state index contributed by atoms with van der Waals surface area (Å²) in [5.74, 6) is 0. The van der Waals surface area contributed by atoms with Crippen LogP contribution < -0.4 is 10.4 Å². The zero-order chi connectivity index (χ0) is 15.5. The van der Waals surface area contributed by atoms with Crippen molar-refractivity contribution in [2.24, 2.45) is 0 Å². The summed E-state index contributed by atoms with van der Waals surface area (Å²) in [5, 5.41) is 2.31. The Bertz CT molecular complexity index is 693. The first-order valence-corrected chi connectivity index (χ1v) is 8.12. The minimum Gasteiger partial charge on any atom is -0.300 e. The van der Waals surface area contributed by atoms with Crippen molar-refractivity contribution in [1.82, 2.24) is 5.43 Å². The lowest BCUT2D eigenvalue weighted by atomic mass is 9.97. The molecule has 2 nitrogen and oxygen atoms in total. The first-order chi connectivity index (χ1) is 11.4. The molecule has 0 spiro atoms. The van der Waals surface area contributed by atoms with Gasteiger partial charge in [-0.25, -0.2) is 5.43 Å². The topological polar surface area (TPSA) is 15.3 Å². The fourth-order valence-corrected chi connectivity index (χ4v) is 3.34. The van der Waals surface area contributed by atoms with Gasteiger partial charge in [0.15, 0.2) is 0 Å². The molecule has 114 valence electrons. The quantitative estimate of drug-likeness (QED) is 0.741. The Labute approximate surface area is 137 Å². The molecule has 4 rings (SSSR count). The molecule has 3 aromatic rings. The molecule has 0 aromatic heterocycles. The molecule has 2 heteroatoms. The Morgan fingerprint density at radius 2 is 1.17 bits per heavy atom. The lowest BCUT2D eigenvalue weighted by molar-refractivity contribution is 0.627. The van der Waals surface area contributed by atoms with Gasteiger partial charge in [0.25, 0.3) is 0 Å². The summed E-state index contributed by atoms with van der Waals surface area (Å²) in [6, 6.07) is 32.7. The largest absolute Gasteiger partial charge is 0.300 e. The Morgan fingerprint density at radius 1 is 0.652 bits per heavy atom. The van der Waals surface area contributed by atoms with Crippen molar-refractivity contribution in [2.45, 2.75) is 18.5 Å². The summed E-state index contributed by atoms with van der Waals surface area (Å²) in [6.45, 7) is 0. The van der Waals surface area contributed by atoms with Gasteiger partial charge in [-0.1, -0.05) is 78.9 Å². The van der Waals surface area contributed by atoms with Gasteiger partial charge in [-0.05, 0) is 29.7 Å². The van der Waals surface area contributed by atoms with Gasteiger partial charge < -0.3 is 5.01 Å². The third kappa shape index (κ3) is 2.86. The summed E-state index contributed by atoms with van der Waals surface area (Å²) < 4.78 is 0. The summed E-state index contributed by atoms with van der Waals surface area (Å²) >= 11 is 0. The van der Waals surface area contributed by atoms with Crippen molar-refractivity contribution in [3.63, 3.8) is 0 Å². The minimum absolute atomic E-state index is 0.335. The van der Waals surface area contributed by atoms with E-state index < -0.39 is 0 Å². The number of rotatable bonds is 3. The minimum atomic E-state index is 0.335. The van der Waals surface area contributed by atoms with Crippen LogP contribution in [-0.4, -0.2) is 0 Å². The molecule has 1 N–H and O–H groups in total. The Kier molecular flexibility index (Phi) is 3.83.